The second kappa shape index (κ2) is 9.29. The zero-order chi connectivity index (χ0) is 19.1. The number of hydrogen-bond donors (Lipinski definition) is 1. The molecule has 4 nitrogen and oxygen atoms in total. The first kappa shape index (κ1) is 19.8. The summed E-state index contributed by atoms with van der Waals surface area (Å²) in [6.45, 7) is 0.397. The lowest BCUT2D eigenvalue weighted by Gasteiger charge is -2.17. The molecule has 138 valence electrons. The molecular weight excluding hydrogens is 362 g/mol. The van der Waals surface area contributed by atoms with E-state index in [0.717, 1.165) is 12.1 Å². The van der Waals surface area contributed by atoms with E-state index in [4.69, 9.17) is 11.6 Å². The summed E-state index contributed by atoms with van der Waals surface area (Å²) in [6.07, 6.45) is 0.661. The van der Waals surface area contributed by atoms with Gasteiger partial charge in [0.25, 0.3) is 5.91 Å². The van der Waals surface area contributed by atoms with E-state index in [2.05, 4.69) is 5.32 Å². The first-order chi connectivity index (χ1) is 12.4. The van der Waals surface area contributed by atoms with E-state index in [0.29, 0.717) is 23.6 Å². The van der Waals surface area contributed by atoms with Crippen molar-refractivity contribution in [1.29, 1.82) is 0 Å². The second-order valence-electron chi connectivity index (χ2n) is 5.85. The van der Waals surface area contributed by atoms with Crippen molar-refractivity contribution in [3.8, 4) is 0 Å². The zero-order valence-corrected chi connectivity index (χ0v) is 15.0. The number of halogens is 3. The van der Waals surface area contributed by atoms with E-state index in [1.807, 2.05) is 0 Å². The van der Waals surface area contributed by atoms with Crippen LogP contribution < -0.4 is 5.32 Å². The Labute approximate surface area is 155 Å². The van der Waals surface area contributed by atoms with Crippen LogP contribution in [0.2, 0.25) is 5.02 Å². The van der Waals surface area contributed by atoms with Gasteiger partial charge in [-0.15, -0.1) is 0 Å². The van der Waals surface area contributed by atoms with Gasteiger partial charge in [0.05, 0.1) is 0 Å². The molecule has 2 rings (SSSR count). The van der Waals surface area contributed by atoms with Crippen molar-refractivity contribution in [3.63, 3.8) is 0 Å². The molecule has 2 amide bonds. The van der Waals surface area contributed by atoms with Crippen LogP contribution in [-0.2, 0) is 11.3 Å². The standard InChI is InChI=1S/C19H19ClF2N2O2/c1-24(12-14-6-9-16(21)11-17(14)22)18(25)3-2-10-23-19(26)13-4-7-15(20)8-5-13/h4-9,11H,2-3,10,12H2,1H3,(H,23,26). The smallest absolute Gasteiger partial charge is 0.251 e. The lowest BCUT2D eigenvalue weighted by atomic mass is 10.2. The number of amides is 2. The Hall–Kier alpha value is -2.47. The number of hydrogen-bond acceptors (Lipinski definition) is 2. The number of nitrogens with one attached hydrogen (secondary N) is 1. The summed E-state index contributed by atoms with van der Waals surface area (Å²) in [7, 11) is 1.55. The molecule has 0 unspecified atom stereocenters. The minimum atomic E-state index is -0.681. The van der Waals surface area contributed by atoms with Crippen LogP contribution >= 0.6 is 11.6 Å². The number of carbonyl (C=O) groups is 2. The lowest BCUT2D eigenvalue weighted by molar-refractivity contribution is -0.130. The molecule has 26 heavy (non-hydrogen) atoms. The quantitative estimate of drug-likeness (QED) is 0.743. The normalized spacial score (nSPS) is 10.5. The van der Waals surface area contributed by atoms with Crippen molar-refractivity contribution in [1.82, 2.24) is 10.2 Å². The van der Waals surface area contributed by atoms with Crippen molar-refractivity contribution in [2.75, 3.05) is 13.6 Å². The first-order valence-corrected chi connectivity index (χ1v) is 8.46. The summed E-state index contributed by atoms with van der Waals surface area (Å²) in [4.78, 5) is 25.4. The van der Waals surface area contributed by atoms with Gasteiger partial charge in [0, 0.05) is 48.8 Å². The van der Waals surface area contributed by atoms with Crippen LogP contribution in [0.4, 0.5) is 8.78 Å². The Bertz CT molecular complexity index is 782. The zero-order valence-electron chi connectivity index (χ0n) is 14.3. The molecule has 0 spiro atoms. The highest BCUT2D eigenvalue weighted by molar-refractivity contribution is 6.30. The molecule has 0 atom stereocenters. The first-order valence-electron chi connectivity index (χ1n) is 8.08. The van der Waals surface area contributed by atoms with Gasteiger partial charge in [0.1, 0.15) is 11.6 Å². The topological polar surface area (TPSA) is 49.4 Å². The summed E-state index contributed by atoms with van der Waals surface area (Å²) >= 11 is 5.77. The van der Waals surface area contributed by atoms with Crippen molar-refractivity contribution in [3.05, 3.63) is 70.2 Å². The average molecular weight is 381 g/mol. The maximum Gasteiger partial charge on any atom is 0.251 e. The Morgan fingerprint density at radius 2 is 1.81 bits per heavy atom. The largest absolute Gasteiger partial charge is 0.352 e. The third-order valence-electron chi connectivity index (χ3n) is 3.81. The average Bonchev–Trinajstić information content (AvgIpc) is 2.61. The molecule has 0 saturated heterocycles. The van der Waals surface area contributed by atoms with Gasteiger partial charge in [-0.25, -0.2) is 8.78 Å². The van der Waals surface area contributed by atoms with Crippen LogP contribution in [0.1, 0.15) is 28.8 Å². The van der Waals surface area contributed by atoms with E-state index in [1.54, 1.807) is 31.3 Å². The molecule has 0 aliphatic rings. The lowest BCUT2D eigenvalue weighted by Crippen LogP contribution is -2.29. The summed E-state index contributed by atoms with van der Waals surface area (Å²) in [6, 6.07) is 9.76. The molecule has 0 aromatic heterocycles. The maximum atomic E-state index is 13.6. The van der Waals surface area contributed by atoms with Gasteiger partial charge in [0.2, 0.25) is 5.91 Å². The number of nitrogens with zero attached hydrogens (tertiary/aromatic N) is 1. The molecule has 2 aromatic carbocycles. The molecule has 0 bridgehead atoms. The molecule has 0 aliphatic carbocycles. The Morgan fingerprint density at radius 1 is 1.12 bits per heavy atom. The Kier molecular flexibility index (Phi) is 7.09. The minimum Gasteiger partial charge on any atom is -0.352 e. The summed E-state index contributed by atoms with van der Waals surface area (Å²) in [5, 5.41) is 3.27. The number of carbonyl (C=O) groups excluding carboxylic acids is 2. The van der Waals surface area contributed by atoms with E-state index in [1.165, 1.54) is 11.0 Å². The van der Waals surface area contributed by atoms with Crippen LogP contribution in [0.3, 0.4) is 0 Å². The molecule has 0 aliphatic heterocycles. The van der Waals surface area contributed by atoms with Crippen LogP contribution in [0.5, 0.6) is 0 Å². The SMILES string of the molecule is CN(Cc1ccc(F)cc1F)C(=O)CCCNC(=O)c1ccc(Cl)cc1. The summed E-state index contributed by atoms with van der Waals surface area (Å²) in [5.41, 5.74) is 0.739. The van der Waals surface area contributed by atoms with Gasteiger partial charge in [0.15, 0.2) is 0 Å². The highest BCUT2D eigenvalue weighted by atomic mass is 35.5. The van der Waals surface area contributed by atoms with Gasteiger partial charge >= 0.3 is 0 Å². The predicted molar refractivity (Wildman–Crippen MR) is 95.9 cm³/mol. The molecule has 0 radical (unpaired) electrons. The van der Waals surface area contributed by atoms with E-state index in [9.17, 15) is 18.4 Å². The van der Waals surface area contributed by atoms with Crippen molar-refractivity contribution >= 4 is 23.4 Å². The monoisotopic (exact) mass is 380 g/mol. The van der Waals surface area contributed by atoms with Crippen LogP contribution in [0.15, 0.2) is 42.5 Å². The molecule has 0 fully saturated rings. The minimum absolute atomic E-state index is 0.0576. The second-order valence-corrected chi connectivity index (χ2v) is 6.29. The molecular formula is C19H19ClF2N2O2. The Morgan fingerprint density at radius 3 is 2.46 bits per heavy atom. The highest BCUT2D eigenvalue weighted by Crippen LogP contribution is 2.12. The summed E-state index contributed by atoms with van der Waals surface area (Å²) in [5.74, 6) is -1.76. The predicted octanol–water partition coefficient (Wildman–Crippen LogP) is 3.79. The van der Waals surface area contributed by atoms with Crippen molar-refractivity contribution in [2.24, 2.45) is 0 Å². The Balaban J connectivity index is 1.74. The third kappa shape index (κ3) is 5.81. The molecule has 2 aromatic rings. The number of rotatable bonds is 7. The van der Waals surface area contributed by atoms with E-state index in [-0.39, 0.29) is 30.3 Å². The molecule has 0 heterocycles. The van der Waals surface area contributed by atoms with Crippen molar-refractivity contribution in [2.45, 2.75) is 19.4 Å². The highest BCUT2D eigenvalue weighted by Gasteiger charge is 2.12. The van der Waals surface area contributed by atoms with Gasteiger partial charge in [-0.1, -0.05) is 17.7 Å². The fraction of sp³-hybridized carbons (Fsp3) is 0.263. The van der Waals surface area contributed by atoms with E-state index >= 15 is 0 Å². The van der Waals surface area contributed by atoms with Gasteiger partial charge in [-0.2, -0.15) is 0 Å². The fourth-order valence-corrected chi connectivity index (χ4v) is 2.46. The molecule has 0 saturated carbocycles. The van der Waals surface area contributed by atoms with Crippen molar-refractivity contribution < 1.29 is 18.4 Å². The van der Waals surface area contributed by atoms with Crippen LogP contribution in [-0.4, -0.2) is 30.3 Å². The third-order valence-corrected chi connectivity index (χ3v) is 4.06. The van der Waals surface area contributed by atoms with Gasteiger partial charge in [-0.3, -0.25) is 9.59 Å². The summed E-state index contributed by atoms with van der Waals surface area (Å²) < 4.78 is 26.5. The molecule has 7 heteroatoms. The van der Waals surface area contributed by atoms with Crippen LogP contribution in [0.25, 0.3) is 0 Å². The molecule has 1 N–H and O–H groups in total. The number of benzene rings is 2. The maximum absolute atomic E-state index is 13.6. The van der Waals surface area contributed by atoms with Gasteiger partial charge in [-0.05, 0) is 36.8 Å². The van der Waals surface area contributed by atoms with Crippen LogP contribution in [0, 0.1) is 11.6 Å². The van der Waals surface area contributed by atoms with E-state index < -0.39 is 11.6 Å². The van der Waals surface area contributed by atoms with Gasteiger partial charge < -0.3 is 10.2 Å². The fourth-order valence-electron chi connectivity index (χ4n) is 2.33.